The van der Waals surface area contributed by atoms with Crippen LogP contribution in [0.5, 0.6) is 0 Å². The van der Waals surface area contributed by atoms with Gasteiger partial charge in [-0.3, -0.25) is 84.1 Å². The molecule has 1 saturated heterocycles. The van der Waals surface area contributed by atoms with E-state index in [2.05, 4.69) is 99.8 Å². The summed E-state index contributed by atoms with van der Waals surface area (Å²) in [7, 11) is -20.5. The van der Waals surface area contributed by atoms with Crippen molar-refractivity contribution >= 4 is 80.2 Å². The highest BCUT2D eigenvalue weighted by Gasteiger charge is 2.32. The average Bonchev–Trinajstić information content (AvgIpc) is 0.855. The molecule has 1 heterocycles. The molecule has 46 heteroatoms. The van der Waals surface area contributed by atoms with E-state index in [4.69, 9.17) is 47.1 Å². The lowest BCUT2D eigenvalue weighted by Gasteiger charge is -2.32. The van der Waals surface area contributed by atoms with Crippen LogP contribution in [0.4, 0.5) is 0 Å². The number of piperidine rings is 1. The SMILES string of the molecule is C.C.C.C.C.C.CC(C)CC(=O)NCNC(C)C.CC(C)CCNC(=O)CCC(=O)C(C)C.CC(C)CCOCCNC(=O)C(C)C.CC(C)COP(=O)(O)OC1CCN(C(=O)CC(C)C)CC1.CC(C)OCOCC(CO)COCOP(=O)(O)OC(C)C.CC(C)OP(=O)(O)OCCNC(=O)CCC(=O)C(C)C.CC(C)OP(=O)(O)OCOCC(CO)COCOP(=O)(O)OC(C)C. The van der Waals surface area contributed by atoms with Gasteiger partial charge in [-0.2, -0.15) is 0 Å². The van der Waals surface area contributed by atoms with Gasteiger partial charge < -0.3 is 89.3 Å². The molecule has 134 heavy (non-hydrogen) atoms. The van der Waals surface area contributed by atoms with Gasteiger partial charge in [-0.15, -0.1) is 0 Å². The third-order valence-electron chi connectivity index (χ3n) is 15.4. The summed E-state index contributed by atoms with van der Waals surface area (Å²) < 4.78 is 135. The van der Waals surface area contributed by atoms with Crippen molar-refractivity contribution in [2.75, 3.05) is 133 Å². The number of ketones is 2. The Bertz CT molecular complexity index is 3040. The molecular formula is C88H197N6O35P5. The zero-order valence-electron chi connectivity index (χ0n) is 82.3. The molecule has 0 radical (unpaired) electrons. The predicted octanol–water partition coefficient (Wildman–Crippen LogP) is 16.5. The summed E-state index contributed by atoms with van der Waals surface area (Å²) in [5.41, 5.74) is 0. The molecule has 814 valence electrons. The standard InChI is InChI=1S/C14H28NO5P.C12H24NO6P.C12H23NO2.C12H28O11P2.C12H27O8P.C11H23NO2.C9H20N2O.6CH4/c1-11(2)9-14(16)15-7-5-13(6-8-15)20-21(17,18)19-10-12(3)4;1-9(2)11(14)5-6-12(15)13-7-8-18-20(16,17)19-10(3)4;1-9(2)7-8-13-12(15)6-5-11(14)10(3)4;1-10(2)22-24(14,15)20-8-18-6-12(5-13)7-19-9-21-25(16,17)23-11(3)4;1-10(2)18-8-16-6-12(5-13)7-17-9-19-21(14,15)20-11(3)4;1-9(2)5-7-14-8-6-12-11(13)10(3)4;1-7(2)5-9(12)11-6-10-8(3)4;;;;;;/h11-13H,5-10H2,1-4H3,(H,17,18);9-10H,5-8H2,1-4H3,(H,13,15)(H,16,17);9-10H,5-8H2,1-4H3,(H,13,15);10-13H,5-9H2,1-4H3,(H,14,15)(H,16,17);10-13H,5-9H2,1-4H3,(H,14,15);9-10H,5-8H2,1-4H3,(H,12,13);7-8,10H,5-6H2,1-4H3,(H,11,12);6*1H4. The van der Waals surface area contributed by atoms with Crippen LogP contribution >= 0.6 is 39.1 Å². The highest BCUT2D eigenvalue weighted by molar-refractivity contribution is 7.48. The van der Waals surface area contributed by atoms with Gasteiger partial charge in [-0.05, 0) is 138 Å². The number of aliphatic hydroxyl groups excluding tert-OH is 2. The van der Waals surface area contributed by atoms with Crippen LogP contribution < -0.4 is 26.6 Å². The molecule has 1 aliphatic heterocycles. The Morgan fingerprint density at radius 1 is 0.358 bits per heavy atom. The zero-order valence-corrected chi connectivity index (χ0v) is 86.7. The molecule has 0 aromatic rings. The molecule has 41 nitrogen and oxygen atoms in total. The number of nitrogens with zero attached hydrogens (tertiary/aromatic N) is 1. The fourth-order valence-corrected chi connectivity index (χ4v) is 13.2. The molecule has 5 amide bonds. The number of carbonyl (C=O) groups is 7. The maximum Gasteiger partial charge on any atom is 0.474 e. The smallest absolute Gasteiger partial charge is 0.396 e. The maximum atomic E-state index is 11.9. The monoisotopic (exact) mass is 2050 g/mol. The van der Waals surface area contributed by atoms with Gasteiger partial charge in [0.2, 0.25) is 29.5 Å². The zero-order chi connectivity index (χ0) is 100.0. The second-order valence-corrected chi connectivity index (χ2v) is 41.5. The van der Waals surface area contributed by atoms with Gasteiger partial charge in [0.15, 0.2) is 20.4 Å². The van der Waals surface area contributed by atoms with Crippen LogP contribution in [0, 0.1) is 59.2 Å². The van der Waals surface area contributed by atoms with Crippen molar-refractivity contribution in [1.82, 2.24) is 31.5 Å². The molecular weight excluding hydrogens is 1860 g/mol. The van der Waals surface area contributed by atoms with E-state index in [1.165, 1.54) is 0 Å². The summed E-state index contributed by atoms with van der Waals surface area (Å²) in [6, 6.07) is 0.421. The van der Waals surface area contributed by atoms with Crippen LogP contribution in [-0.2, 0) is 130 Å². The minimum absolute atomic E-state index is 0. The highest BCUT2D eigenvalue weighted by atomic mass is 31.2. The molecule has 1 fully saturated rings. The first-order valence-electron chi connectivity index (χ1n) is 44.2. The first kappa shape index (κ1) is 156. The minimum atomic E-state index is -4.19. The van der Waals surface area contributed by atoms with Gasteiger partial charge in [-0.25, -0.2) is 22.8 Å². The van der Waals surface area contributed by atoms with E-state index in [0.29, 0.717) is 108 Å². The van der Waals surface area contributed by atoms with Gasteiger partial charge in [0.1, 0.15) is 18.4 Å². The molecule has 0 bridgehead atoms. The summed E-state index contributed by atoms with van der Waals surface area (Å²) in [5, 5.41) is 32.4. The van der Waals surface area contributed by atoms with Crippen LogP contribution in [0.3, 0.4) is 0 Å². The number of Topliss-reactive ketones (excluding diaryl/α,β-unsaturated/α-hetero) is 2. The van der Waals surface area contributed by atoms with Crippen LogP contribution in [0.1, 0.15) is 303 Å². The lowest BCUT2D eigenvalue weighted by atomic mass is 10.0. The first-order valence-corrected chi connectivity index (χ1v) is 51.7. The third kappa shape index (κ3) is 114. The van der Waals surface area contributed by atoms with Crippen molar-refractivity contribution in [2.24, 2.45) is 59.2 Å². The van der Waals surface area contributed by atoms with Crippen molar-refractivity contribution in [3.8, 4) is 0 Å². The second-order valence-electron chi connectivity index (χ2n) is 34.5. The Morgan fingerprint density at radius 2 is 0.724 bits per heavy atom. The van der Waals surface area contributed by atoms with E-state index in [1.54, 1.807) is 74.1 Å². The fourth-order valence-electron chi connectivity index (χ4n) is 8.75. The van der Waals surface area contributed by atoms with Gasteiger partial charge in [-0.1, -0.05) is 155 Å². The van der Waals surface area contributed by atoms with Crippen LogP contribution in [0.15, 0.2) is 0 Å². The number of nitrogens with one attached hydrogen (secondary N) is 5. The number of aliphatic hydroxyl groups is 2. The molecule has 0 spiro atoms. The number of likely N-dealkylation sites (tertiary alicyclic amines) is 1. The van der Waals surface area contributed by atoms with Gasteiger partial charge >= 0.3 is 39.1 Å². The van der Waals surface area contributed by atoms with Crippen LogP contribution in [0.25, 0.3) is 0 Å². The largest absolute Gasteiger partial charge is 0.474 e. The summed E-state index contributed by atoms with van der Waals surface area (Å²) in [4.78, 5) is 128. The first-order chi connectivity index (χ1) is 59.1. The minimum Gasteiger partial charge on any atom is -0.396 e. The fraction of sp³-hybridized carbons (Fsp3) is 0.920. The molecule has 6 unspecified atom stereocenters. The van der Waals surface area contributed by atoms with E-state index >= 15 is 0 Å². The number of phosphoric acid groups is 5. The molecule has 1 rings (SSSR count). The summed E-state index contributed by atoms with van der Waals surface area (Å²) in [6.07, 6.45) is 3.27. The van der Waals surface area contributed by atoms with E-state index in [1.807, 2.05) is 83.1 Å². The number of carbonyl (C=O) groups excluding carboxylic acids is 7. The molecule has 12 N–H and O–H groups in total. The quantitative estimate of drug-likeness (QED) is 0.0153. The predicted molar refractivity (Wildman–Crippen MR) is 528 cm³/mol. The van der Waals surface area contributed by atoms with Crippen molar-refractivity contribution in [3.05, 3.63) is 0 Å². The average molecular weight is 2050 g/mol. The lowest BCUT2D eigenvalue weighted by Crippen LogP contribution is -2.41. The number of phosphoric ester groups is 5. The maximum absolute atomic E-state index is 11.9. The topological polar surface area (TPSA) is 558 Å². The van der Waals surface area contributed by atoms with Crippen molar-refractivity contribution in [3.63, 3.8) is 0 Å². The Morgan fingerprint density at radius 3 is 1.05 bits per heavy atom. The summed E-state index contributed by atoms with van der Waals surface area (Å²) in [5.74, 6) is 1.72. The third-order valence-corrected chi connectivity index (χ3v) is 21.0. The Labute approximate surface area is 809 Å². The molecule has 6 atom stereocenters. The van der Waals surface area contributed by atoms with Crippen LogP contribution in [0.2, 0.25) is 0 Å². The molecule has 0 aromatic heterocycles. The van der Waals surface area contributed by atoms with E-state index in [0.717, 1.165) is 19.4 Å². The summed E-state index contributed by atoms with van der Waals surface area (Å²) in [6.45, 7) is 55.3. The van der Waals surface area contributed by atoms with Gasteiger partial charge in [0.25, 0.3) is 0 Å². The molecule has 0 saturated carbocycles. The number of amides is 5. The Hall–Kier alpha value is -3.12. The van der Waals surface area contributed by atoms with E-state index < -0.39 is 89.8 Å². The number of ether oxygens (including phenoxy) is 6. The number of rotatable bonds is 64. The van der Waals surface area contributed by atoms with Crippen LogP contribution in [-0.4, -0.2) is 256 Å². The van der Waals surface area contributed by atoms with E-state index in [-0.39, 0.29) is 206 Å². The van der Waals surface area contributed by atoms with Gasteiger partial charge in [0, 0.05) is 113 Å². The lowest BCUT2D eigenvalue weighted by molar-refractivity contribution is -0.134. The normalized spacial score (nSPS) is 14.6. The highest BCUT2D eigenvalue weighted by Crippen LogP contribution is 2.48. The van der Waals surface area contributed by atoms with Crippen molar-refractivity contribution in [1.29, 1.82) is 0 Å². The molecule has 0 aliphatic carbocycles. The molecule has 0 aromatic carbocycles. The second kappa shape index (κ2) is 92.3. The Balaban J connectivity index is -0.000000130. The number of hydrogen-bond donors (Lipinski definition) is 12. The van der Waals surface area contributed by atoms with Gasteiger partial charge in [0.05, 0.1) is 103 Å². The van der Waals surface area contributed by atoms with Crippen molar-refractivity contribution < 1.29 is 165 Å². The Kier molecular flexibility index (Phi) is 108. The number of hydrogen-bond acceptors (Lipinski definition) is 31. The summed E-state index contributed by atoms with van der Waals surface area (Å²) >= 11 is 0. The van der Waals surface area contributed by atoms with E-state index in [9.17, 15) is 86.0 Å². The molecule has 1 aliphatic rings. The van der Waals surface area contributed by atoms with Crippen molar-refractivity contribution in [2.45, 2.75) is 345 Å².